The molecule has 0 radical (unpaired) electrons. The van der Waals surface area contributed by atoms with Crippen molar-refractivity contribution >= 4 is 45.6 Å². The average molecular weight is 591 g/mol. The van der Waals surface area contributed by atoms with Gasteiger partial charge in [-0.3, -0.25) is 4.79 Å². The number of rotatable bonds is 6. The number of carbonyl (C=O) groups is 2. The summed E-state index contributed by atoms with van der Waals surface area (Å²) in [6.07, 6.45) is -0.734. The molecule has 178 valence electrons. The first-order chi connectivity index (χ1) is 15.9. The number of ether oxygens (including phenoxy) is 3. The number of alkyl halides is 1. The summed E-state index contributed by atoms with van der Waals surface area (Å²) >= 11 is 2.07. The molecule has 7 heteroatoms. The lowest BCUT2D eigenvalue weighted by Gasteiger charge is -2.18. The van der Waals surface area contributed by atoms with Crippen molar-refractivity contribution in [2.45, 2.75) is 58.3 Å². The molecule has 1 unspecified atom stereocenters. The van der Waals surface area contributed by atoms with Crippen LogP contribution < -0.4 is 9.47 Å². The average Bonchev–Trinajstić information content (AvgIpc) is 2.75. The number of benzene rings is 3. The predicted octanol–water partition coefficient (Wildman–Crippen LogP) is 7.21. The summed E-state index contributed by atoms with van der Waals surface area (Å²) in [5.41, 5.74) is -0.621. The fourth-order valence-electron chi connectivity index (χ4n) is 2.85. The highest BCUT2D eigenvalue weighted by Gasteiger charge is 2.30. The van der Waals surface area contributed by atoms with Crippen molar-refractivity contribution in [3.63, 3.8) is 0 Å². The molecule has 3 aromatic carbocycles. The van der Waals surface area contributed by atoms with Gasteiger partial charge in [0.05, 0.1) is 10.9 Å². The van der Waals surface area contributed by atoms with E-state index in [4.69, 9.17) is 14.2 Å². The summed E-state index contributed by atoms with van der Waals surface area (Å²) in [5, 5.41) is 0. The molecule has 0 fully saturated rings. The van der Waals surface area contributed by atoms with Crippen molar-refractivity contribution in [3.05, 3.63) is 78.9 Å². The predicted molar refractivity (Wildman–Crippen MR) is 142 cm³/mol. The number of hydrogen-bond donors (Lipinski definition) is 0. The zero-order chi connectivity index (χ0) is 24.9. The molecule has 0 N–H and O–H groups in total. The van der Waals surface area contributed by atoms with Crippen molar-refractivity contribution in [3.8, 4) is 11.5 Å². The lowest BCUT2D eigenvalue weighted by atomic mass is 10.2. The van der Waals surface area contributed by atoms with Crippen LogP contribution in [0.5, 0.6) is 11.5 Å². The van der Waals surface area contributed by atoms with Crippen molar-refractivity contribution in [2.24, 2.45) is 0 Å². The van der Waals surface area contributed by atoms with Gasteiger partial charge in [0.15, 0.2) is 14.7 Å². The molecule has 3 aromatic rings. The molecule has 0 aliphatic rings. The van der Waals surface area contributed by atoms with E-state index in [1.54, 1.807) is 32.9 Å². The Balaban J connectivity index is 1.85. The quantitative estimate of drug-likeness (QED) is 0.0757. The van der Waals surface area contributed by atoms with Gasteiger partial charge in [-0.2, -0.15) is 0 Å². The monoisotopic (exact) mass is 591 g/mol. The van der Waals surface area contributed by atoms with Gasteiger partial charge in [0.1, 0.15) is 20.5 Å². The minimum Gasteiger partial charge on any atom is -0.428 e. The molecule has 0 aliphatic heterocycles. The fraction of sp³-hybridized carbons (Fsp3) is 0.259. The number of carbonyl (C=O) groups excluding carboxylic acids is 2. The molecular weight excluding hydrogens is 563 g/mol. The van der Waals surface area contributed by atoms with Crippen LogP contribution in [0.25, 0.3) is 0 Å². The Morgan fingerprint density at radius 1 is 0.676 bits per heavy atom. The lowest BCUT2D eigenvalue weighted by molar-refractivity contribution is -0.135. The highest BCUT2D eigenvalue weighted by molar-refractivity contribution is 14.1. The van der Waals surface area contributed by atoms with Crippen LogP contribution in [0.15, 0.2) is 93.5 Å². The molecule has 0 aromatic heterocycles. The Kier molecular flexibility index (Phi) is 8.30. The summed E-state index contributed by atoms with van der Waals surface area (Å²) in [7, 11) is -0.403. The van der Waals surface area contributed by atoms with Gasteiger partial charge in [0.2, 0.25) is 0 Å². The highest BCUT2D eigenvalue weighted by Crippen LogP contribution is 2.33. The topological polar surface area (TPSA) is 61.8 Å². The van der Waals surface area contributed by atoms with E-state index in [0.717, 1.165) is 14.7 Å². The van der Waals surface area contributed by atoms with Crippen LogP contribution in [0.3, 0.4) is 0 Å². The minimum atomic E-state index is -0.734. The summed E-state index contributed by atoms with van der Waals surface area (Å²) < 4.78 is 15.4. The minimum absolute atomic E-state index is 0.288. The van der Waals surface area contributed by atoms with Gasteiger partial charge in [-0.25, -0.2) is 4.79 Å². The fourth-order valence-corrected chi connectivity index (χ4v) is 5.02. The van der Waals surface area contributed by atoms with Crippen LogP contribution in [0.2, 0.25) is 0 Å². The number of esters is 1. The maximum atomic E-state index is 12.2. The van der Waals surface area contributed by atoms with Crippen LogP contribution in [0, 0.1) is 0 Å². The van der Waals surface area contributed by atoms with Crippen molar-refractivity contribution in [1.82, 2.24) is 0 Å². The second-order valence-corrected chi connectivity index (χ2v) is 13.7. The van der Waals surface area contributed by atoms with Gasteiger partial charge >= 0.3 is 12.1 Å². The smallest absolute Gasteiger partial charge is 0.428 e. The Hall–Kier alpha value is -2.52. The first-order valence-electron chi connectivity index (χ1n) is 10.7. The molecule has 0 amide bonds. The van der Waals surface area contributed by atoms with E-state index in [1.807, 2.05) is 68.4 Å². The summed E-state index contributed by atoms with van der Waals surface area (Å²) in [4.78, 5) is 27.5. The molecule has 0 heterocycles. The zero-order valence-electron chi connectivity index (χ0n) is 19.8. The van der Waals surface area contributed by atoms with E-state index in [0.29, 0.717) is 11.5 Å². The Morgan fingerprint density at radius 3 is 1.56 bits per heavy atom. The van der Waals surface area contributed by atoms with Crippen LogP contribution in [0.1, 0.15) is 34.6 Å². The Labute approximate surface area is 217 Å². The molecule has 34 heavy (non-hydrogen) atoms. The van der Waals surface area contributed by atoms with Crippen molar-refractivity contribution < 1.29 is 23.8 Å². The van der Waals surface area contributed by atoms with E-state index in [2.05, 4.69) is 34.7 Å². The maximum absolute atomic E-state index is 12.2. The highest BCUT2D eigenvalue weighted by atomic mass is 127. The van der Waals surface area contributed by atoms with Gasteiger partial charge in [-0.15, -0.1) is 0 Å². The van der Waals surface area contributed by atoms with Crippen LogP contribution in [-0.2, 0) is 20.4 Å². The SMILES string of the molecule is CC(C)(C)OC(=O)Oc1ccc([S+](c2ccccc2)c2ccc(OC(=O)C(C)(C)I)cc2)cc1. The molecule has 0 saturated heterocycles. The first kappa shape index (κ1) is 26.1. The number of halogens is 1. The van der Waals surface area contributed by atoms with E-state index < -0.39 is 26.1 Å². The molecule has 0 aliphatic carbocycles. The van der Waals surface area contributed by atoms with Crippen LogP contribution >= 0.6 is 22.6 Å². The first-order valence-corrected chi connectivity index (χ1v) is 13.0. The Morgan fingerprint density at radius 2 is 1.12 bits per heavy atom. The standard InChI is InChI=1S/C27H28IO5S/c1-26(2,3)33-25(30)32-20-13-17-23(18-14-20)34(21-9-7-6-8-10-21)22-15-11-19(12-16-22)31-24(29)27(4,5)28/h6-18H,1-5H3/q+1. The number of hydrogen-bond acceptors (Lipinski definition) is 5. The lowest BCUT2D eigenvalue weighted by Crippen LogP contribution is -2.28. The summed E-state index contributed by atoms with van der Waals surface area (Å²) in [6.45, 7) is 8.99. The summed E-state index contributed by atoms with van der Waals surface area (Å²) in [6, 6.07) is 25.2. The van der Waals surface area contributed by atoms with Crippen molar-refractivity contribution in [2.75, 3.05) is 0 Å². The molecule has 3 rings (SSSR count). The van der Waals surface area contributed by atoms with Crippen LogP contribution in [0.4, 0.5) is 4.79 Å². The third-order valence-corrected chi connectivity index (χ3v) is 7.06. The van der Waals surface area contributed by atoms with Crippen LogP contribution in [-0.4, -0.2) is 21.1 Å². The normalized spacial score (nSPS) is 12.5. The van der Waals surface area contributed by atoms with Gasteiger partial charge in [-0.1, -0.05) is 40.8 Å². The van der Waals surface area contributed by atoms with Gasteiger partial charge in [0, 0.05) is 0 Å². The largest absolute Gasteiger partial charge is 0.514 e. The molecule has 0 saturated carbocycles. The summed E-state index contributed by atoms with van der Waals surface area (Å²) in [5.74, 6) is 0.637. The van der Waals surface area contributed by atoms with Gasteiger partial charge in [-0.05, 0) is 95.3 Å². The zero-order valence-corrected chi connectivity index (χ0v) is 22.8. The van der Waals surface area contributed by atoms with E-state index >= 15 is 0 Å². The van der Waals surface area contributed by atoms with E-state index in [-0.39, 0.29) is 5.97 Å². The third kappa shape index (κ3) is 7.50. The molecular formula is C27H28IO5S+. The van der Waals surface area contributed by atoms with E-state index in [9.17, 15) is 9.59 Å². The molecule has 5 nitrogen and oxygen atoms in total. The third-order valence-electron chi connectivity index (χ3n) is 4.38. The second-order valence-electron chi connectivity index (χ2n) is 8.99. The molecule has 0 spiro atoms. The van der Waals surface area contributed by atoms with Crippen molar-refractivity contribution in [1.29, 1.82) is 0 Å². The van der Waals surface area contributed by atoms with E-state index in [1.165, 1.54) is 0 Å². The van der Waals surface area contributed by atoms with Gasteiger partial charge < -0.3 is 14.2 Å². The van der Waals surface area contributed by atoms with Gasteiger partial charge in [0.25, 0.3) is 0 Å². The second kappa shape index (κ2) is 10.8. The maximum Gasteiger partial charge on any atom is 0.514 e. The molecule has 0 bridgehead atoms. The molecule has 1 atom stereocenters. The Bertz CT molecular complexity index is 1110.